The van der Waals surface area contributed by atoms with E-state index in [2.05, 4.69) is 22.8 Å². The molecule has 2 aromatic carbocycles. The van der Waals surface area contributed by atoms with Gasteiger partial charge in [0, 0.05) is 11.7 Å². The molecule has 0 heterocycles. The highest BCUT2D eigenvalue weighted by molar-refractivity contribution is 7.80. The molecule has 25 heavy (non-hydrogen) atoms. The molecule has 0 saturated carbocycles. The molecule has 2 nitrogen and oxygen atoms in total. The molecule has 0 spiro atoms. The first-order valence-corrected chi connectivity index (χ1v) is 8.52. The second kappa shape index (κ2) is 8.54. The van der Waals surface area contributed by atoms with Crippen molar-refractivity contribution in [2.24, 2.45) is 0 Å². The minimum atomic E-state index is -4.51. The van der Waals surface area contributed by atoms with Gasteiger partial charge in [0.25, 0.3) is 0 Å². The van der Waals surface area contributed by atoms with Gasteiger partial charge in [-0.1, -0.05) is 41.9 Å². The van der Waals surface area contributed by atoms with Gasteiger partial charge >= 0.3 is 6.18 Å². The fourth-order valence-electron chi connectivity index (χ4n) is 2.31. The van der Waals surface area contributed by atoms with E-state index in [0.717, 1.165) is 18.9 Å². The van der Waals surface area contributed by atoms with Crippen LogP contribution in [0.3, 0.4) is 0 Å². The third-order valence-corrected chi connectivity index (χ3v) is 4.17. The van der Waals surface area contributed by atoms with Gasteiger partial charge in [-0.2, -0.15) is 13.2 Å². The lowest BCUT2D eigenvalue weighted by Crippen LogP contribution is -2.36. The van der Waals surface area contributed by atoms with E-state index in [-0.39, 0.29) is 21.9 Å². The number of nitrogens with one attached hydrogen (secondary N) is 2. The lowest BCUT2D eigenvalue weighted by Gasteiger charge is -2.18. The molecule has 0 aliphatic rings. The SMILES string of the molecule is C[C@@H](CCc1ccccc1)NC(=S)Nc1ccc(Cl)c(C(F)(F)F)c1. The molecule has 2 aromatic rings. The molecule has 7 heteroatoms. The fraction of sp³-hybridized carbons (Fsp3) is 0.278. The van der Waals surface area contributed by atoms with Crippen molar-refractivity contribution in [3.8, 4) is 0 Å². The maximum atomic E-state index is 12.9. The van der Waals surface area contributed by atoms with Crippen LogP contribution >= 0.6 is 23.8 Å². The lowest BCUT2D eigenvalue weighted by atomic mass is 10.1. The van der Waals surface area contributed by atoms with Crippen LogP contribution in [0.5, 0.6) is 0 Å². The quantitative estimate of drug-likeness (QED) is 0.648. The Balaban J connectivity index is 1.89. The summed E-state index contributed by atoms with van der Waals surface area (Å²) < 4.78 is 38.6. The molecular weight excluding hydrogens is 369 g/mol. The van der Waals surface area contributed by atoms with Crippen LogP contribution in [0.15, 0.2) is 48.5 Å². The predicted octanol–water partition coefficient (Wildman–Crippen LogP) is 5.67. The Morgan fingerprint density at radius 1 is 1.16 bits per heavy atom. The van der Waals surface area contributed by atoms with E-state index in [1.807, 2.05) is 25.1 Å². The summed E-state index contributed by atoms with van der Waals surface area (Å²) in [7, 11) is 0. The Morgan fingerprint density at radius 2 is 1.84 bits per heavy atom. The van der Waals surface area contributed by atoms with Crippen LogP contribution in [0.2, 0.25) is 5.02 Å². The normalized spacial score (nSPS) is 12.5. The van der Waals surface area contributed by atoms with Crippen LogP contribution in [0.25, 0.3) is 0 Å². The van der Waals surface area contributed by atoms with Crippen molar-refractivity contribution >= 4 is 34.6 Å². The summed E-state index contributed by atoms with van der Waals surface area (Å²) in [6.07, 6.45) is -2.77. The molecule has 134 valence electrons. The molecule has 1 atom stereocenters. The first kappa shape index (κ1) is 19.5. The van der Waals surface area contributed by atoms with E-state index in [4.69, 9.17) is 23.8 Å². The van der Waals surface area contributed by atoms with Crippen LogP contribution in [0.4, 0.5) is 18.9 Å². The third kappa shape index (κ3) is 6.21. The molecule has 0 aromatic heterocycles. The molecule has 2 rings (SSSR count). The number of alkyl halides is 3. The van der Waals surface area contributed by atoms with Crippen molar-refractivity contribution in [1.82, 2.24) is 5.32 Å². The molecule has 0 bridgehead atoms. The highest BCUT2D eigenvalue weighted by Gasteiger charge is 2.33. The van der Waals surface area contributed by atoms with Gasteiger partial charge in [0.05, 0.1) is 10.6 Å². The van der Waals surface area contributed by atoms with Crippen LogP contribution in [0, 0.1) is 0 Å². The number of hydrogen-bond acceptors (Lipinski definition) is 1. The Hall–Kier alpha value is -1.79. The van der Waals surface area contributed by atoms with Gasteiger partial charge in [-0.15, -0.1) is 0 Å². The average molecular weight is 387 g/mol. The Labute approximate surface area is 155 Å². The van der Waals surface area contributed by atoms with Gasteiger partial charge in [-0.25, -0.2) is 0 Å². The van der Waals surface area contributed by atoms with Gasteiger partial charge in [-0.05, 0) is 55.7 Å². The van der Waals surface area contributed by atoms with E-state index in [0.29, 0.717) is 0 Å². The highest BCUT2D eigenvalue weighted by atomic mass is 35.5. The number of hydrogen-bond donors (Lipinski definition) is 2. The Kier molecular flexibility index (Phi) is 6.67. The number of rotatable bonds is 5. The molecule has 0 unspecified atom stereocenters. The standard InChI is InChI=1S/C18H18ClF3N2S/c1-12(7-8-13-5-3-2-4-6-13)23-17(25)24-14-9-10-16(19)15(11-14)18(20,21)22/h2-6,9-12H,7-8H2,1H3,(H2,23,24,25)/t12-/m0/s1. The van der Waals surface area contributed by atoms with Crippen molar-refractivity contribution in [3.05, 3.63) is 64.7 Å². The summed E-state index contributed by atoms with van der Waals surface area (Å²) >= 11 is 10.8. The monoisotopic (exact) mass is 386 g/mol. The smallest absolute Gasteiger partial charge is 0.360 e. The second-order valence-electron chi connectivity index (χ2n) is 5.72. The van der Waals surface area contributed by atoms with Crippen molar-refractivity contribution < 1.29 is 13.2 Å². The molecule has 0 aliphatic carbocycles. The van der Waals surface area contributed by atoms with E-state index in [9.17, 15) is 13.2 Å². The van der Waals surface area contributed by atoms with E-state index < -0.39 is 11.7 Å². The van der Waals surface area contributed by atoms with Crippen LogP contribution in [0.1, 0.15) is 24.5 Å². The predicted molar refractivity (Wildman–Crippen MR) is 100 cm³/mol. The summed E-state index contributed by atoms with van der Waals surface area (Å²) in [5, 5.41) is 5.78. The third-order valence-electron chi connectivity index (χ3n) is 3.62. The number of halogens is 4. The topological polar surface area (TPSA) is 24.1 Å². The molecule has 0 aliphatic heterocycles. The van der Waals surface area contributed by atoms with Crippen LogP contribution < -0.4 is 10.6 Å². The minimum absolute atomic E-state index is 0.0783. The van der Waals surface area contributed by atoms with Gasteiger partial charge in [0.2, 0.25) is 0 Å². The zero-order valence-electron chi connectivity index (χ0n) is 13.5. The fourth-order valence-corrected chi connectivity index (χ4v) is 2.85. The second-order valence-corrected chi connectivity index (χ2v) is 6.53. The first-order chi connectivity index (χ1) is 11.8. The molecular formula is C18H18ClF3N2S. The van der Waals surface area contributed by atoms with Gasteiger partial charge in [0.15, 0.2) is 5.11 Å². The molecule has 0 saturated heterocycles. The van der Waals surface area contributed by atoms with Gasteiger partial charge in [-0.3, -0.25) is 0 Å². The first-order valence-electron chi connectivity index (χ1n) is 7.74. The highest BCUT2D eigenvalue weighted by Crippen LogP contribution is 2.36. The van der Waals surface area contributed by atoms with Gasteiger partial charge in [0.1, 0.15) is 0 Å². The average Bonchev–Trinajstić information content (AvgIpc) is 2.54. The van der Waals surface area contributed by atoms with Crippen LogP contribution in [-0.4, -0.2) is 11.2 Å². The number of thiocarbonyl (C=S) groups is 1. The van der Waals surface area contributed by atoms with Crippen LogP contribution in [-0.2, 0) is 12.6 Å². The molecule has 0 fully saturated rings. The van der Waals surface area contributed by atoms with Crippen molar-refractivity contribution in [1.29, 1.82) is 0 Å². The number of aryl methyl sites for hydroxylation is 1. The summed E-state index contributed by atoms with van der Waals surface area (Å²) in [6.45, 7) is 1.97. The minimum Gasteiger partial charge on any atom is -0.360 e. The van der Waals surface area contributed by atoms with Crippen molar-refractivity contribution in [3.63, 3.8) is 0 Å². The maximum absolute atomic E-state index is 12.9. The van der Waals surface area contributed by atoms with E-state index in [1.165, 1.54) is 17.7 Å². The number of benzene rings is 2. The van der Waals surface area contributed by atoms with E-state index >= 15 is 0 Å². The lowest BCUT2D eigenvalue weighted by molar-refractivity contribution is -0.137. The Morgan fingerprint density at radius 3 is 2.48 bits per heavy atom. The summed E-state index contributed by atoms with van der Waals surface area (Å²) in [6, 6.07) is 13.7. The van der Waals surface area contributed by atoms with E-state index in [1.54, 1.807) is 0 Å². The maximum Gasteiger partial charge on any atom is 0.417 e. The van der Waals surface area contributed by atoms with Crippen molar-refractivity contribution in [2.45, 2.75) is 32.0 Å². The zero-order chi connectivity index (χ0) is 18.4. The van der Waals surface area contributed by atoms with Gasteiger partial charge < -0.3 is 10.6 Å². The Bertz CT molecular complexity index is 720. The molecule has 2 N–H and O–H groups in total. The summed E-state index contributed by atoms with van der Waals surface area (Å²) in [4.78, 5) is 0. The summed E-state index contributed by atoms with van der Waals surface area (Å²) in [5.41, 5.74) is 0.575. The molecule has 0 amide bonds. The zero-order valence-corrected chi connectivity index (χ0v) is 15.1. The summed E-state index contributed by atoms with van der Waals surface area (Å²) in [5.74, 6) is 0. The van der Waals surface area contributed by atoms with Crippen molar-refractivity contribution in [2.75, 3.05) is 5.32 Å². The number of anilines is 1. The largest absolute Gasteiger partial charge is 0.417 e. The molecule has 0 radical (unpaired) electrons.